The van der Waals surface area contributed by atoms with E-state index in [4.69, 9.17) is 18.9 Å². The molecule has 0 saturated carbocycles. The average Bonchev–Trinajstić information content (AvgIpc) is 3.11. The Balaban J connectivity index is 4.20. The summed E-state index contributed by atoms with van der Waals surface area (Å²) in [5.41, 5.74) is -0.890. The van der Waals surface area contributed by atoms with Crippen LogP contribution in [0.3, 0.4) is 0 Å². The number of unbranched alkanes of at least 4 members (excludes halogenated alkanes) is 3. The van der Waals surface area contributed by atoms with Crippen molar-refractivity contribution in [1.82, 2.24) is 0 Å². The zero-order chi connectivity index (χ0) is 25.2. The minimum Gasteiger partial charge on any atom is -0.505 e. The van der Waals surface area contributed by atoms with Gasteiger partial charge in [-0.25, -0.2) is 14.4 Å². The highest BCUT2D eigenvalue weighted by Gasteiger charge is 2.70. The predicted molar refractivity (Wildman–Crippen MR) is 129 cm³/mol. The van der Waals surface area contributed by atoms with Gasteiger partial charge < -0.3 is 24.1 Å². The van der Waals surface area contributed by atoms with Crippen molar-refractivity contribution >= 4 is 25.2 Å². The molecule has 0 bridgehead atoms. The van der Waals surface area contributed by atoms with Crippen molar-refractivity contribution in [3.63, 3.8) is 0 Å². The standard InChI is InChI=1S/C24H39O8P/c1-8-11-14-33(15-12-9-2,16-13-10-3)24(32-7)19(23(28)31-6)17(21(26)29-4)18(20(24)25)22(27)30-5/h8-16H2,1-7H3/p+1. The molecule has 0 aromatic rings. The molecule has 0 spiro atoms. The van der Waals surface area contributed by atoms with Crippen LogP contribution in [0.15, 0.2) is 22.5 Å². The summed E-state index contributed by atoms with van der Waals surface area (Å²) in [5.74, 6) is -3.15. The maximum Gasteiger partial charge on any atom is 0.342 e. The highest BCUT2D eigenvalue weighted by atomic mass is 31.2. The number of hydrogen-bond donors (Lipinski definition) is 1. The third-order valence-electron chi connectivity index (χ3n) is 6.35. The first-order valence-corrected chi connectivity index (χ1v) is 13.9. The number of rotatable bonds is 14. The summed E-state index contributed by atoms with van der Waals surface area (Å²) in [6.07, 6.45) is 7.49. The second-order valence-electron chi connectivity index (χ2n) is 8.17. The van der Waals surface area contributed by atoms with Crippen molar-refractivity contribution in [2.75, 3.05) is 46.9 Å². The normalized spacial score (nSPS) is 18.5. The highest BCUT2D eigenvalue weighted by Crippen LogP contribution is 2.76. The van der Waals surface area contributed by atoms with E-state index in [2.05, 4.69) is 20.8 Å². The van der Waals surface area contributed by atoms with Crippen molar-refractivity contribution in [3.8, 4) is 0 Å². The van der Waals surface area contributed by atoms with Gasteiger partial charge in [0, 0.05) is 7.11 Å². The molecule has 1 N–H and O–H groups in total. The first-order valence-electron chi connectivity index (χ1n) is 11.6. The molecule has 1 aliphatic carbocycles. The minimum atomic E-state index is -2.38. The van der Waals surface area contributed by atoms with Crippen LogP contribution in [0.1, 0.15) is 59.3 Å². The number of aliphatic hydroxyl groups excluding tert-OH is 1. The lowest BCUT2D eigenvalue weighted by Crippen LogP contribution is -2.44. The number of aliphatic hydroxyl groups is 1. The molecule has 1 atom stereocenters. The van der Waals surface area contributed by atoms with Gasteiger partial charge in [0.25, 0.3) is 5.34 Å². The molecule has 0 amide bonds. The number of carbonyl (C=O) groups is 3. The van der Waals surface area contributed by atoms with Gasteiger partial charge in [-0.2, -0.15) is 0 Å². The van der Waals surface area contributed by atoms with Crippen LogP contribution in [0.2, 0.25) is 0 Å². The average molecular weight is 488 g/mol. The van der Waals surface area contributed by atoms with E-state index >= 15 is 0 Å². The Morgan fingerprint density at radius 1 is 0.727 bits per heavy atom. The van der Waals surface area contributed by atoms with Crippen LogP contribution < -0.4 is 0 Å². The lowest BCUT2D eigenvalue weighted by atomic mass is 10.1. The van der Waals surface area contributed by atoms with Gasteiger partial charge in [0.2, 0.25) is 0 Å². The van der Waals surface area contributed by atoms with Gasteiger partial charge in [0.1, 0.15) is 11.1 Å². The van der Waals surface area contributed by atoms with E-state index in [0.29, 0.717) is 0 Å². The maximum atomic E-state index is 13.2. The molecule has 0 aromatic carbocycles. The molecule has 0 aliphatic heterocycles. The Morgan fingerprint density at radius 2 is 1.12 bits per heavy atom. The molecular formula is C24H40O8P+. The van der Waals surface area contributed by atoms with Gasteiger partial charge in [-0.15, -0.1) is 0 Å². The van der Waals surface area contributed by atoms with Crippen LogP contribution in [-0.4, -0.2) is 75.3 Å². The Kier molecular flexibility index (Phi) is 11.5. The quantitative estimate of drug-likeness (QED) is 0.218. The number of hydrogen-bond acceptors (Lipinski definition) is 8. The molecule has 1 rings (SSSR count). The van der Waals surface area contributed by atoms with Crippen LogP contribution in [-0.2, 0) is 33.3 Å². The Hall–Kier alpha value is -1.92. The summed E-state index contributed by atoms with van der Waals surface area (Å²) in [4.78, 5) is 39.0. The first kappa shape index (κ1) is 29.1. The van der Waals surface area contributed by atoms with E-state index in [1.807, 2.05) is 0 Å². The third kappa shape index (κ3) is 5.27. The van der Waals surface area contributed by atoms with Gasteiger partial charge in [-0.1, -0.05) is 40.0 Å². The summed E-state index contributed by atoms with van der Waals surface area (Å²) in [5, 5.41) is 10.0. The molecule has 33 heavy (non-hydrogen) atoms. The highest BCUT2D eigenvalue weighted by molar-refractivity contribution is 7.77. The molecule has 0 radical (unpaired) electrons. The van der Waals surface area contributed by atoms with E-state index in [0.717, 1.165) is 71.2 Å². The molecule has 9 heteroatoms. The molecule has 0 saturated heterocycles. The number of carbonyl (C=O) groups excluding carboxylic acids is 3. The van der Waals surface area contributed by atoms with E-state index < -0.39 is 36.3 Å². The zero-order valence-electron chi connectivity index (χ0n) is 21.1. The Labute approximate surface area is 198 Å². The van der Waals surface area contributed by atoms with Gasteiger partial charge in [-0.3, -0.25) is 0 Å². The van der Waals surface area contributed by atoms with Gasteiger partial charge in [0.15, 0.2) is 5.76 Å². The molecule has 8 nitrogen and oxygen atoms in total. The lowest BCUT2D eigenvalue weighted by molar-refractivity contribution is -0.140. The molecule has 0 heterocycles. The van der Waals surface area contributed by atoms with Gasteiger partial charge in [0.05, 0.1) is 52.7 Å². The molecule has 0 aromatic heterocycles. The number of ether oxygens (including phenoxy) is 4. The van der Waals surface area contributed by atoms with E-state index in [-0.39, 0.29) is 16.7 Å². The van der Waals surface area contributed by atoms with E-state index in [1.54, 1.807) is 0 Å². The fourth-order valence-corrected chi connectivity index (χ4v) is 10.7. The fourth-order valence-electron chi connectivity index (χ4n) is 4.69. The molecule has 1 unspecified atom stereocenters. The second-order valence-corrected chi connectivity index (χ2v) is 12.4. The van der Waals surface area contributed by atoms with Crippen LogP contribution in [0, 0.1) is 0 Å². The summed E-state index contributed by atoms with van der Waals surface area (Å²) in [6, 6.07) is 0. The molecular weight excluding hydrogens is 447 g/mol. The largest absolute Gasteiger partial charge is 0.505 e. The van der Waals surface area contributed by atoms with Crippen molar-refractivity contribution in [2.24, 2.45) is 0 Å². The second kappa shape index (κ2) is 13.1. The molecule has 0 fully saturated rings. The summed E-state index contributed by atoms with van der Waals surface area (Å²) in [6.45, 7) is 6.23. The predicted octanol–water partition coefficient (Wildman–Crippen LogP) is 4.39. The van der Waals surface area contributed by atoms with Crippen LogP contribution >= 0.6 is 7.26 Å². The number of methoxy groups -OCH3 is 4. The third-order valence-corrected chi connectivity index (χ3v) is 11.8. The molecule has 1 aliphatic rings. The SMILES string of the molecule is CCCC[P+](CCCC)(CCCC)C1(OC)C(O)=C(C(=O)OC)C(C(=O)OC)=C1C(=O)OC. The smallest absolute Gasteiger partial charge is 0.342 e. The summed E-state index contributed by atoms with van der Waals surface area (Å²) < 4.78 is 21.0. The topological polar surface area (TPSA) is 108 Å². The first-order chi connectivity index (χ1) is 15.7. The van der Waals surface area contributed by atoms with Crippen molar-refractivity contribution in [2.45, 2.75) is 64.6 Å². The monoisotopic (exact) mass is 487 g/mol. The fraction of sp³-hybridized carbons (Fsp3) is 0.708. The van der Waals surface area contributed by atoms with Crippen molar-refractivity contribution in [3.05, 3.63) is 22.5 Å². The Bertz CT molecular complexity index is 764. The maximum absolute atomic E-state index is 13.2. The van der Waals surface area contributed by atoms with Crippen molar-refractivity contribution in [1.29, 1.82) is 0 Å². The van der Waals surface area contributed by atoms with Crippen molar-refractivity contribution < 1.29 is 38.4 Å². The lowest BCUT2D eigenvalue weighted by Gasteiger charge is -2.42. The zero-order valence-corrected chi connectivity index (χ0v) is 22.0. The summed E-state index contributed by atoms with van der Waals surface area (Å²) in [7, 11) is 2.52. The number of esters is 3. The van der Waals surface area contributed by atoms with E-state index in [1.165, 1.54) is 14.2 Å². The molecule has 188 valence electrons. The summed E-state index contributed by atoms with van der Waals surface area (Å²) >= 11 is 0. The Morgan fingerprint density at radius 3 is 1.45 bits per heavy atom. The van der Waals surface area contributed by atoms with Gasteiger partial charge in [-0.05, 0) is 19.3 Å². The van der Waals surface area contributed by atoms with Gasteiger partial charge >= 0.3 is 17.9 Å². The van der Waals surface area contributed by atoms with E-state index in [9.17, 15) is 19.5 Å². The van der Waals surface area contributed by atoms with Crippen LogP contribution in [0.4, 0.5) is 0 Å². The van der Waals surface area contributed by atoms with Crippen LogP contribution in [0.5, 0.6) is 0 Å². The minimum absolute atomic E-state index is 0.158. The van der Waals surface area contributed by atoms with Crippen LogP contribution in [0.25, 0.3) is 0 Å².